The molecular formula is C18H12O2. The number of benzene rings is 3. The fraction of sp³-hybridized carbons (Fsp3) is 0.0556. The van der Waals surface area contributed by atoms with Gasteiger partial charge in [-0.2, -0.15) is 0 Å². The topological polar surface area (TPSA) is 30.2 Å². The molecule has 0 N–H and O–H groups in total. The molecule has 0 amide bonds. The van der Waals surface area contributed by atoms with Gasteiger partial charge in [-0.05, 0) is 30.5 Å². The lowest BCUT2D eigenvalue weighted by Gasteiger charge is -2.05. The molecule has 4 rings (SSSR count). The summed E-state index contributed by atoms with van der Waals surface area (Å²) in [4.78, 5) is 12.6. The molecule has 4 aromatic rings. The van der Waals surface area contributed by atoms with Crippen LogP contribution in [0.1, 0.15) is 5.56 Å². The second kappa shape index (κ2) is 3.94. The van der Waals surface area contributed by atoms with E-state index in [-0.39, 0.29) is 5.43 Å². The van der Waals surface area contributed by atoms with Crippen LogP contribution in [0.25, 0.3) is 32.7 Å². The van der Waals surface area contributed by atoms with E-state index in [2.05, 4.69) is 0 Å². The minimum absolute atomic E-state index is 0.0377. The zero-order chi connectivity index (χ0) is 13.7. The molecule has 3 aromatic carbocycles. The van der Waals surface area contributed by atoms with Crippen molar-refractivity contribution in [3.63, 3.8) is 0 Å². The Kier molecular flexibility index (Phi) is 2.21. The van der Waals surface area contributed by atoms with E-state index >= 15 is 0 Å². The lowest BCUT2D eigenvalue weighted by molar-refractivity contribution is 0.663. The van der Waals surface area contributed by atoms with Crippen LogP contribution in [-0.2, 0) is 0 Å². The highest BCUT2D eigenvalue weighted by atomic mass is 16.3. The summed E-state index contributed by atoms with van der Waals surface area (Å²) in [6, 6.07) is 17.5. The van der Waals surface area contributed by atoms with Crippen molar-refractivity contribution >= 4 is 32.7 Å². The smallest absolute Gasteiger partial charge is 0.200 e. The van der Waals surface area contributed by atoms with Crippen LogP contribution in [0.4, 0.5) is 0 Å². The largest absolute Gasteiger partial charge is 0.455 e. The maximum absolute atomic E-state index is 12.6. The van der Waals surface area contributed by atoms with Crippen LogP contribution in [0.15, 0.2) is 63.8 Å². The first kappa shape index (κ1) is 11.2. The molecule has 96 valence electrons. The fourth-order valence-electron chi connectivity index (χ4n) is 2.70. The Hall–Kier alpha value is -2.61. The van der Waals surface area contributed by atoms with Gasteiger partial charge in [0.2, 0.25) is 5.43 Å². The second-order valence-corrected chi connectivity index (χ2v) is 5.09. The normalized spacial score (nSPS) is 11.4. The van der Waals surface area contributed by atoms with E-state index in [1.165, 1.54) is 0 Å². The molecular weight excluding hydrogens is 248 g/mol. The average Bonchev–Trinajstić information content (AvgIpc) is 2.48. The van der Waals surface area contributed by atoms with Crippen LogP contribution < -0.4 is 5.43 Å². The summed E-state index contributed by atoms with van der Waals surface area (Å²) in [5.74, 6) is 0. The summed E-state index contributed by atoms with van der Waals surface area (Å²) in [6.07, 6.45) is 0. The Labute approximate surface area is 115 Å². The third-order valence-corrected chi connectivity index (χ3v) is 3.72. The minimum Gasteiger partial charge on any atom is -0.455 e. The second-order valence-electron chi connectivity index (χ2n) is 5.09. The van der Waals surface area contributed by atoms with Crippen LogP contribution in [0, 0.1) is 6.92 Å². The van der Waals surface area contributed by atoms with E-state index < -0.39 is 0 Å². The van der Waals surface area contributed by atoms with Crippen molar-refractivity contribution in [2.24, 2.45) is 0 Å². The Bertz CT molecular complexity index is 1030. The third-order valence-electron chi connectivity index (χ3n) is 3.72. The first-order chi connectivity index (χ1) is 9.74. The van der Waals surface area contributed by atoms with Crippen LogP contribution in [0.2, 0.25) is 0 Å². The summed E-state index contributed by atoms with van der Waals surface area (Å²) in [6.45, 7) is 1.98. The molecule has 0 radical (unpaired) electrons. The molecule has 0 saturated carbocycles. The summed E-state index contributed by atoms with van der Waals surface area (Å²) in [5, 5.41) is 3.34. The number of hydrogen-bond acceptors (Lipinski definition) is 2. The monoisotopic (exact) mass is 260 g/mol. The van der Waals surface area contributed by atoms with Gasteiger partial charge in [0, 0.05) is 5.39 Å². The maximum Gasteiger partial charge on any atom is 0.200 e. The molecule has 2 heteroatoms. The Morgan fingerprint density at radius 1 is 0.850 bits per heavy atom. The molecule has 0 saturated heterocycles. The minimum atomic E-state index is 0.0377. The Balaban J connectivity index is 2.31. The molecule has 1 heterocycles. The van der Waals surface area contributed by atoms with Gasteiger partial charge in [0.15, 0.2) is 0 Å². The van der Waals surface area contributed by atoms with E-state index in [9.17, 15) is 4.79 Å². The number of hydrogen-bond donors (Lipinski definition) is 0. The van der Waals surface area contributed by atoms with Crippen molar-refractivity contribution in [3.05, 3.63) is 70.4 Å². The summed E-state index contributed by atoms with van der Waals surface area (Å²) in [5.41, 5.74) is 2.41. The van der Waals surface area contributed by atoms with E-state index in [0.29, 0.717) is 21.9 Å². The van der Waals surface area contributed by atoms with Gasteiger partial charge in [-0.25, -0.2) is 0 Å². The highest BCUT2D eigenvalue weighted by Crippen LogP contribution is 2.26. The van der Waals surface area contributed by atoms with Gasteiger partial charge in [-0.1, -0.05) is 42.0 Å². The zero-order valence-corrected chi connectivity index (χ0v) is 11.0. The van der Waals surface area contributed by atoms with E-state index in [1.807, 2.05) is 61.5 Å². The van der Waals surface area contributed by atoms with Crippen LogP contribution in [0.3, 0.4) is 0 Å². The SMILES string of the molecule is Cc1ccc2oc3c(ccc4ccccc43)c(=O)c2c1. The molecule has 0 fully saturated rings. The van der Waals surface area contributed by atoms with Crippen molar-refractivity contribution in [1.29, 1.82) is 0 Å². The predicted octanol–water partition coefficient (Wildman–Crippen LogP) is 4.41. The Morgan fingerprint density at radius 3 is 2.60 bits per heavy atom. The van der Waals surface area contributed by atoms with Crippen LogP contribution in [-0.4, -0.2) is 0 Å². The van der Waals surface area contributed by atoms with Crippen LogP contribution >= 0.6 is 0 Å². The van der Waals surface area contributed by atoms with Crippen LogP contribution in [0.5, 0.6) is 0 Å². The predicted molar refractivity (Wildman–Crippen MR) is 82.2 cm³/mol. The molecule has 0 aliphatic heterocycles. The summed E-state index contributed by atoms with van der Waals surface area (Å²) < 4.78 is 6.00. The molecule has 1 aromatic heterocycles. The van der Waals surface area contributed by atoms with E-state index in [0.717, 1.165) is 16.3 Å². The molecule has 20 heavy (non-hydrogen) atoms. The lowest BCUT2D eigenvalue weighted by Crippen LogP contribution is -2.02. The molecule has 0 aliphatic rings. The molecule has 0 spiro atoms. The highest BCUT2D eigenvalue weighted by Gasteiger charge is 2.10. The molecule has 2 nitrogen and oxygen atoms in total. The van der Waals surface area contributed by atoms with Crippen molar-refractivity contribution in [2.45, 2.75) is 6.92 Å². The molecule has 0 unspecified atom stereocenters. The Morgan fingerprint density at radius 2 is 1.70 bits per heavy atom. The summed E-state index contributed by atoms with van der Waals surface area (Å²) >= 11 is 0. The fourth-order valence-corrected chi connectivity index (χ4v) is 2.70. The summed E-state index contributed by atoms with van der Waals surface area (Å²) in [7, 11) is 0. The van der Waals surface area contributed by atoms with Crippen molar-refractivity contribution in [1.82, 2.24) is 0 Å². The lowest BCUT2D eigenvalue weighted by atomic mass is 10.0. The van der Waals surface area contributed by atoms with E-state index in [4.69, 9.17) is 4.42 Å². The van der Waals surface area contributed by atoms with E-state index in [1.54, 1.807) is 0 Å². The highest BCUT2D eigenvalue weighted by molar-refractivity contribution is 6.06. The molecule has 0 aliphatic carbocycles. The van der Waals surface area contributed by atoms with Gasteiger partial charge in [-0.3, -0.25) is 4.79 Å². The average molecular weight is 260 g/mol. The third kappa shape index (κ3) is 1.48. The maximum atomic E-state index is 12.6. The van der Waals surface area contributed by atoms with Gasteiger partial charge in [-0.15, -0.1) is 0 Å². The first-order valence-electron chi connectivity index (χ1n) is 6.59. The zero-order valence-electron chi connectivity index (χ0n) is 11.0. The number of aryl methyl sites for hydroxylation is 1. The van der Waals surface area contributed by atoms with Crippen molar-refractivity contribution in [3.8, 4) is 0 Å². The van der Waals surface area contributed by atoms with Crippen molar-refractivity contribution < 1.29 is 4.42 Å². The van der Waals surface area contributed by atoms with Gasteiger partial charge >= 0.3 is 0 Å². The number of fused-ring (bicyclic) bond motifs is 4. The van der Waals surface area contributed by atoms with Gasteiger partial charge in [0.1, 0.15) is 11.2 Å². The quantitative estimate of drug-likeness (QED) is 0.346. The van der Waals surface area contributed by atoms with Gasteiger partial charge in [0.05, 0.1) is 10.8 Å². The van der Waals surface area contributed by atoms with Crippen molar-refractivity contribution in [2.75, 3.05) is 0 Å². The number of rotatable bonds is 0. The van der Waals surface area contributed by atoms with Gasteiger partial charge in [0.25, 0.3) is 0 Å². The molecule has 0 atom stereocenters. The first-order valence-corrected chi connectivity index (χ1v) is 6.59. The van der Waals surface area contributed by atoms with Gasteiger partial charge < -0.3 is 4.42 Å². The standard InChI is InChI=1S/C18H12O2/c1-11-6-9-16-15(10-11)17(19)14-8-7-12-4-2-3-5-13(12)18(14)20-16/h2-10H,1H3. The molecule has 0 bridgehead atoms.